The molecule has 5 nitrogen and oxygen atoms in total. The molecule has 1 aromatic heterocycles. The van der Waals surface area contributed by atoms with Crippen LogP contribution in [0.4, 0.5) is 5.82 Å². The van der Waals surface area contributed by atoms with Crippen LogP contribution in [-0.4, -0.2) is 36.3 Å². The van der Waals surface area contributed by atoms with Crippen LogP contribution >= 0.6 is 0 Å². The Labute approximate surface area is 169 Å². The third-order valence-corrected chi connectivity index (χ3v) is 7.29. The van der Waals surface area contributed by atoms with E-state index in [1.807, 2.05) is 31.2 Å². The summed E-state index contributed by atoms with van der Waals surface area (Å²) in [5.74, 6) is 0.892. The Hall–Kier alpha value is -1.92. The third-order valence-electron chi connectivity index (χ3n) is 5.36. The molecule has 0 saturated carbocycles. The van der Waals surface area contributed by atoms with Crippen molar-refractivity contribution in [2.24, 2.45) is 0 Å². The maximum Gasteiger partial charge on any atom is 0.243 e. The third kappa shape index (κ3) is 3.94. The van der Waals surface area contributed by atoms with Crippen molar-refractivity contribution in [2.45, 2.75) is 70.5 Å². The molecule has 2 aromatic rings. The lowest BCUT2D eigenvalue weighted by Gasteiger charge is -2.35. The number of hydrogen-bond donors (Lipinski definition) is 0. The molecule has 6 heteroatoms. The Morgan fingerprint density at radius 1 is 1.07 bits per heavy atom. The highest BCUT2D eigenvalue weighted by Crippen LogP contribution is 2.40. The first-order valence-electron chi connectivity index (χ1n) is 10.0. The van der Waals surface area contributed by atoms with Gasteiger partial charge >= 0.3 is 0 Å². The van der Waals surface area contributed by atoms with Gasteiger partial charge in [0.05, 0.1) is 10.9 Å². The molecule has 1 aliphatic rings. The van der Waals surface area contributed by atoms with Crippen molar-refractivity contribution in [3.8, 4) is 0 Å². The van der Waals surface area contributed by atoms with Gasteiger partial charge in [-0.05, 0) is 65.7 Å². The highest BCUT2D eigenvalue weighted by Gasteiger charge is 2.38. The number of hydrogen-bond acceptors (Lipinski definition) is 4. The number of benzene rings is 1. The van der Waals surface area contributed by atoms with E-state index in [0.29, 0.717) is 11.4 Å². The molecule has 1 aliphatic heterocycles. The highest BCUT2D eigenvalue weighted by molar-refractivity contribution is 7.89. The minimum Gasteiger partial charge on any atom is -0.351 e. The van der Waals surface area contributed by atoms with Crippen LogP contribution in [0.15, 0.2) is 47.5 Å². The Bertz CT molecular complexity index is 900. The van der Waals surface area contributed by atoms with E-state index in [-0.39, 0.29) is 18.1 Å². The standard InChI is InChI=1S/C22H31N3O2S/c1-16(2)25(17(3)4)22-20(8-6-14-23-22)21-9-7-15-24(21)28(26,27)19-12-10-18(5)11-13-19/h6,8,10-14,16-17,21H,7,9,15H2,1-5H3. The fourth-order valence-electron chi connectivity index (χ4n) is 4.15. The number of nitrogens with zero attached hydrogens (tertiary/aromatic N) is 3. The maximum absolute atomic E-state index is 13.4. The number of aryl methyl sites for hydroxylation is 1. The van der Waals surface area contributed by atoms with Crippen molar-refractivity contribution in [1.82, 2.24) is 9.29 Å². The van der Waals surface area contributed by atoms with Crippen molar-refractivity contribution < 1.29 is 8.42 Å². The molecule has 28 heavy (non-hydrogen) atoms. The molecule has 1 saturated heterocycles. The zero-order valence-corrected chi connectivity index (χ0v) is 18.3. The molecule has 3 rings (SSSR count). The van der Waals surface area contributed by atoms with E-state index in [2.05, 4.69) is 37.6 Å². The number of anilines is 1. The summed E-state index contributed by atoms with van der Waals surface area (Å²) in [5.41, 5.74) is 2.05. The number of sulfonamides is 1. The monoisotopic (exact) mass is 401 g/mol. The second-order valence-electron chi connectivity index (χ2n) is 8.10. The van der Waals surface area contributed by atoms with Crippen LogP contribution in [0.5, 0.6) is 0 Å². The Balaban J connectivity index is 2.03. The van der Waals surface area contributed by atoms with E-state index in [1.54, 1.807) is 22.6 Å². The van der Waals surface area contributed by atoms with Gasteiger partial charge in [-0.2, -0.15) is 4.31 Å². The molecule has 1 aromatic carbocycles. The summed E-state index contributed by atoms with van der Waals surface area (Å²) in [6, 6.07) is 11.4. The fraction of sp³-hybridized carbons (Fsp3) is 0.500. The number of aromatic nitrogens is 1. The van der Waals surface area contributed by atoms with Crippen LogP contribution in [-0.2, 0) is 10.0 Å². The zero-order valence-electron chi connectivity index (χ0n) is 17.5. The van der Waals surface area contributed by atoms with Gasteiger partial charge in [0.15, 0.2) is 0 Å². The molecule has 1 fully saturated rings. The summed E-state index contributed by atoms with van der Waals surface area (Å²) in [7, 11) is -3.55. The average molecular weight is 402 g/mol. The second kappa shape index (κ2) is 8.21. The van der Waals surface area contributed by atoms with Gasteiger partial charge in [-0.15, -0.1) is 0 Å². The molecule has 0 bridgehead atoms. The Kier molecular flexibility index (Phi) is 6.10. The van der Waals surface area contributed by atoms with Gasteiger partial charge in [0.25, 0.3) is 0 Å². The lowest BCUT2D eigenvalue weighted by atomic mass is 10.0. The molecular formula is C22H31N3O2S. The van der Waals surface area contributed by atoms with Gasteiger partial charge < -0.3 is 4.90 Å². The number of pyridine rings is 1. The molecule has 1 atom stereocenters. The predicted octanol–water partition coefficient (Wildman–Crippen LogP) is 4.54. The first-order valence-corrected chi connectivity index (χ1v) is 11.5. The first-order chi connectivity index (χ1) is 13.2. The molecular weight excluding hydrogens is 370 g/mol. The van der Waals surface area contributed by atoms with Gasteiger partial charge in [-0.3, -0.25) is 0 Å². The van der Waals surface area contributed by atoms with E-state index in [9.17, 15) is 8.42 Å². The molecule has 2 heterocycles. The molecule has 0 amide bonds. The van der Waals surface area contributed by atoms with Gasteiger partial charge in [-0.25, -0.2) is 13.4 Å². The largest absolute Gasteiger partial charge is 0.351 e. The van der Waals surface area contributed by atoms with Crippen LogP contribution in [0.2, 0.25) is 0 Å². The van der Waals surface area contributed by atoms with Gasteiger partial charge in [0, 0.05) is 30.4 Å². The molecule has 0 spiro atoms. The molecule has 0 aliphatic carbocycles. The van der Waals surface area contributed by atoms with Crippen LogP contribution in [0, 0.1) is 6.92 Å². The summed E-state index contributed by atoms with van der Waals surface area (Å²) in [4.78, 5) is 7.30. The SMILES string of the molecule is Cc1ccc(S(=O)(=O)N2CCCC2c2cccnc2N(C(C)C)C(C)C)cc1. The Morgan fingerprint density at radius 3 is 2.32 bits per heavy atom. The van der Waals surface area contributed by atoms with E-state index in [1.165, 1.54) is 0 Å². The lowest BCUT2D eigenvalue weighted by molar-refractivity contribution is 0.395. The van der Waals surface area contributed by atoms with Crippen molar-refractivity contribution in [3.63, 3.8) is 0 Å². The Morgan fingerprint density at radius 2 is 1.71 bits per heavy atom. The summed E-state index contributed by atoms with van der Waals surface area (Å²) in [5, 5.41) is 0. The second-order valence-corrected chi connectivity index (χ2v) is 9.99. The first kappa shape index (κ1) is 20.8. The summed E-state index contributed by atoms with van der Waals surface area (Å²) in [6.45, 7) is 11.1. The summed E-state index contributed by atoms with van der Waals surface area (Å²) < 4.78 is 28.4. The molecule has 0 radical (unpaired) electrons. The zero-order chi connectivity index (χ0) is 20.5. The van der Waals surface area contributed by atoms with Crippen molar-refractivity contribution in [3.05, 3.63) is 53.7 Å². The summed E-state index contributed by atoms with van der Waals surface area (Å²) in [6.07, 6.45) is 3.46. The normalized spacial score (nSPS) is 18.2. The average Bonchev–Trinajstić information content (AvgIpc) is 3.12. The highest BCUT2D eigenvalue weighted by atomic mass is 32.2. The van der Waals surface area contributed by atoms with Crippen molar-refractivity contribution >= 4 is 15.8 Å². The van der Waals surface area contributed by atoms with Crippen LogP contribution in [0.3, 0.4) is 0 Å². The minimum atomic E-state index is -3.55. The topological polar surface area (TPSA) is 53.5 Å². The van der Waals surface area contributed by atoms with Gasteiger partial charge in [0.2, 0.25) is 10.0 Å². The quantitative estimate of drug-likeness (QED) is 0.713. The van der Waals surface area contributed by atoms with Crippen LogP contribution in [0.1, 0.15) is 57.7 Å². The molecule has 1 unspecified atom stereocenters. The fourth-order valence-corrected chi connectivity index (χ4v) is 5.83. The van der Waals surface area contributed by atoms with Crippen LogP contribution in [0.25, 0.3) is 0 Å². The minimum absolute atomic E-state index is 0.185. The van der Waals surface area contributed by atoms with Gasteiger partial charge in [0.1, 0.15) is 5.82 Å². The van der Waals surface area contributed by atoms with E-state index in [4.69, 9.17) is 0 Å². The van der Waals surface area contributed by atoms with Crippen molar-refractivity contribution in [2.75, 3.05) is 11.4 Å². The van der Waals surface area contributed by atoms with Crippen molar-refractivity contribution in [1.29, 1.82) is 0 Å². The van der Waals surface area contributed by atoms with Gasteiger partial charge in [-0.1, -0.05) is 23.8 Å². The predicted molar refractivity (Wildman–Crippen MR) is 114 cm³/mol. The van der Waals surface area contributed by atoms with E-state index < -0.39 is 10.0 Å². The number of rotatable bonds is 6. The molecule has 152 valence electrons. The van der Waals surface area contributed by atoms with E-state index in [0.717, 1.165) is 29.8 Å². The van der Waals surface area contributed by atoms with E-state index >= 15 is 0 Å². The molecule has 0 N–H and O–H groups in total. The van der Waals surface area contributed by atoms with Crippen LogP contribution < -0.4 is 4.90 Å². The maximum atomic E-state index is 13.4. The summed E-state index contributed by atoms with van der Waals surface area (Å²) >= 11 is 0. The smallest absolute Gasteiger partial charge is 0.243 e. The lowest BCUT2D eigenvalue weighted by Crippen LogP contribution is -2.39.